The van der Waals surface area contributed by atoms with Crippen LogP contribution in [0, 0.1) is 6.92 Å². The Morgan fingerprint density at radius 3 is 2.21 bits per heavy atom. The number of nitrogens with one attached hydrogen (secondary N) is 1. The summed E-state index contributed by atoms with van der Waals surface area (Å²) < 4.78 is 10.7. The van der Waals surface area contributed by atoms with Crippen LogP contribution in [0.15, 0.2) is 66.7 Å². The molecule has 0 spiro atoms. The Bertz CT molecular complexity index is 951. The number of amides is 1. The molecule has 4 nitrogen and oxygen atoms in total. The summed E-state index contributed by atoms with van der Waals surface area (Å²) >= 11 is 0. The molecule has 1 amide bonds. The standard InChI is InChI=1S/C24H25NO3/c1-17-15-22(27-2)23(28-3)16-21(17)25-24(26)20-12-8-7-11-19(20)14-13-18-9-5-4-6-10-18/h4-12,15-16H,13-14H2,1-3H3,(H,25,26). The first-order valence-corrected chi connectivity index (χ1v) is 9.28. The van der Waals surface area contributed by atoms with Gasteiger partial charge in [0.15, 0.2) is 11.5 Å². The van der Waals surface area contributed by atoms with Crippen molar-refractivity contribution < 1.29 is 14.3 Å². The van der Waals surface area contributed by atoms with E-state index in [9.17, 15) is 4.79 Å². The van der Waals surface area contributed by atoms with Gasteiger partial charge in [-0.15, -0.1) is 0 Å². The van der Waals surface area contributed by atoms with Gasteiger partial charge in [0.2, 0.25) is 0 Å². The van der Waals surface area contributed by atoms with Crippen molar-refractivity contribution in [3.8, 4) is 11.5 Å². The lowest BCUT2D eigenvalue weighted by molar-refractivity contribution is 0.102. The van der Waals surface area contributed by atoms with Gasteiger partial charge in [-0.05, 0) is 48.6 Å². The number of hydrogen-bond acceptors (Lipinski definition) is 3. The highest BCUT2D eigenvalue weighted by molar-refractivity contribution is 6.05. The van der Waals surface area contributed by atoms with E-state index in [2.05, 4.69) is 17.4 Å². The lowest BCUT2D eigenvalue weighted by atomic mass is 9.99. The normalized spacial score (nSPS) is 10.4. The van der Waals surface area contributed by atoms with Gasteiger partial charge in [0.25, 0.3) is 5.91 Å². The van der Waals surface area contributed by atoms with E-state index in [0.29, 0.717) is 22.7 Å². The van der Waals surface area contributed by atoms with Crippen LogP contribution < -0.4 is 14.8 Å². The fraction of sp³-hybridized carbons (Fsp3) is 0.208. The largest absolute Gasteiger partial charge is 0.493 e. The predicted octanol–water partition coefficient (Wildman–Crippen LogP) is 5.05. The minimum Gasteiger partial charge on any atom is -0.493 e. The molecule has 0 aliphatic heterocycles. The molecular weight excluding hydrogens is 350 g/mol. The first-order chi connectivity index (χ1) is 13.6. The van der Waals surface area contributed by atoms with Gasteiger partial charge in [0.05, 0.1) is 14.2 Å². The van der Waals surface area contributed by atoms with Crippen LogP contribution in [0.25, 0.3) is 0 Å². The molecule has 4 heteroatoms. The van der Waals surface area contributed by atoms with E-state index in [4.69, 9.17) is 9.47 Å². The number of methoxy groups -OCH3 is 2. The molecule has 0 saturated carbocycles. The first kappa shape index (κ1) is 19.5. The number of ether oxygens (including phenoxy) is 2. The van der Waals surface area contributed by atoms with E-state index in [-0.39, 0.29) is 5.91 Å². The quantitative estimate of drug-likeness (QED) is 0.629. The molecule has 3 rings (SSSR count). The first-order valence-electron chi connectivity index (χ1n) is 9.28. The number of carbonyl (C=O) groups is 1. The van der Waals surface area contributed by atoms with Gasteiger partial charge in [0.1, 0.15) is 0 Å². The second-order valence-electron chi connectivity index (χ2n) is 6.62. The third-order valence-electron chi connectivity index (χ3n) is 4.77. The van der Waals surface area contributed by atoms with Crippen LogP contribution in [-0.4, -0.2) is 20.1 Å². The van der Waals surface area contributed by atoms with Gasteiger partial charge < -0.3 is 14.8 Å². The number of hydrogen-bond donors (Lipinski definition) is 1. The van der Waals surface area contributed by atoms with Crippen LogP contribution in [0.2, 0.25) is 0 Å². The van der Waals surface area contributed by atoms with Crippen molar-refractivity contribution in [2.45, 2.75) is 19.8 Å². The molecule has 3 aromatic carbocycles. The van der Waals surface area contributed by atoms with Crippen LogP contribution in [0.3, 0.4) is 0 Å². The van der Waals surface area contributed by atoms with Crippen LogP contribution in [-0.2, 0) is 12.8 Å². The SMILES string of the molecule is COc1cc(C)c(NC(=O)c2ccccc2CCc2ccccc2)cc1OC. The van der Waals surface area contributed by atoms with Crippen molar-refractivity contribution in [2.75, 3.05) is 19.5 Å². The summed E-state index contributed by atoms with van der Waals surface area (Å²) in [5.41, 5.74) is 4.59. The maximum absolute atomic E-state index is 13.0. The van der Waals surface area contributed by atoms with Crippen molar-refractivity contribution >= 4 is 11.6 Å². The maximum atomic E-state index is 13.0. The Morgan fingerprint density at radius 2 is 1.50 bits per heavy atom. The summed E-state index contributed by atoms with van der Waals surface area (Å²) in [6.45, 7) is 1.93. The molecule has 0 fully saturated rings. The molecular formula is C24H25NO3. The van der Waals surface area contributed by atoms with Crippen molar-refractivity contribution in [3.63, 3.8) is 0 Å². The average Bonchev–Trinajstić information content (AvgIpc) is 2.74. The summed E-state index contributed by atoms with van der Waals surface area (Å²) in [6, 6.07) is 21.7. The van der Waals surface area contributed by atoms with E-state index in [1.165, 1.54) is 5.56 Å². The second kappa shape index (κ2) is 9.09. The molecule has 28 heavy (non-hydrogen) atoms. The summed E-state index contributed by atoms with van der Waals surface area (Å²) in [5.74, 6) is 1.10. The lowest BCUT2D eigenvalue weighted by Crippen LogP contribution is -2.15. The van der Waals surface area contributed by atoms with E-state index in [0.717, 1.165) is 24.0 Å². The number of anilines is 1. The molecule has 0 atom stereocenters. The Balaban J connectivity index is 1.80. The molecule has 0 radical (unpaired) electrons. The van der Waals surface area contributed by atoms with Gasteiger partial charge in [-0.3, -0.25) is 4.79 Å². The second-order valence-corrected chi connectivity index (χ2v) is 6.62. The van der Waals surface area contributed by atoms with E-state index in [1.807, 2.05) is 55.5 Å². The zero-order valence-electron chi connectivity index (χ0n) is 16.5. The topological polar surface area (TPSA) is 47.6 Å². The number of aryl methyl sites for hydroxylation is 3. The minimum atomic E-state index is -0.126. The van der Waals surface area contributed by atoms with E-state index in [1.54, 1.807) is 20.3 Å². The van der Waals surface area contributed by atoms with Crippen molar-refractivity contribution in [1.29, 1.82) is 0 Å². The Labute approximate surface area is 166 Å². The Hall–Kier alpha value is -3.27. The molecule has 0 unspecified atom stereocenters. The van der Waals surface area contributed by atoms with Gasteiger partial charge >= 0.3 is 0 Å². The third-order valence-corrected chi connectivity index (χ3v) is 4.77. The van der Waals surface area contributed by atoms with Crippen LogP contribution in [0.5, 0.6) is 11.5 Å². The van der Waals surface area contributed by atoms with Crippen molar-refractivity contribution in [3.05, 3.63) is 89.0 Å². The third kappa shape index (κ3) is 4.52. The van der Waals surface area contributed by atoms with Gasteiger partial charge in [-0.1, -0.05) is 48.5 Å². The van der Waals surface area contributed by atoms with Gasteiger partial charge in [0, 0.05) is 17.3 Å². The van der Waals surface area contributed by atoms with Gasteiger partial charge in [-0.25, -0.2) is 0 Å². The molecule has 3 aromatic rings. The van der Waals surface area contributed by atoms with E-state index >= 15 is 0 Å². The highest BCUT2D eigenvalue weighted by atomic mass is 16.5. The van der Waals surface area contributed by atoms with Crippen molar-refractivity contribution in [1.82, 2.24) is 0 Å². The summed E-state index contributed by atoms with van der Waals surface area (Å²) in [7, 11) is 3.18. The molecule has 144 valence electrons. The number of benzene rings is 3. The van der Waals surface area contributed by atoms with Gasteiger partial charge in [-0.2, -0.15) is 0 Å². The summed E-state index contributed by atoms with van der Waals surface area (Å²) in [6.07, 6.45) is 1.69. The molecule has 1 N–H and O–H groups in total. The summed E-state index contributed by atoms with van der Waals surface area (Å²) in [4.78, 5) is 13.0. The van der Waals surface area contributed by atoms with Crippen LogP contribution >= 0.6 is 0 Å². The van der Waals surface area contributed by atoms with E-state index < -0.39 is 0 Å². The summed E-state index contributed by atoms with van der Waals surface area (Å²) in [5, 5.41) is 3.02. The predicted molar refractivity (Wildman–Crippen MR) is 113 cm³/mol. The minimum absolute atomic E-state index is 0.126. The molecule has 0 aromatic heterocycles. The fourth-order valence-corrected chi connectivity index (χ4v) is 3.19. The number of carbonyl (C=O) groups excluding carboxylic acids is 1. The molecule has 0 saturated heterocycles. The average molecular weight is 375 g/mol. The van der Waals surface area contributed by atoms with Crippen LogP contribution in [0.4, 0.5) is 5.69 Å². The highest BCUT2D eigenvalue weighted by Crippen LogP contribution is 2.33. The lowest BCUT2D eigenvalue weighted by Gasteiger charge is -2.15. The number of rotatable bonds is 7. The Morgan fingerprint density at radius 1 is 0.857 bits per heavy atom. The van der Waals surface area contributed by atoms with Crippen molar-refractivity contribution in [2.24, 2.45) is 0 Å². The highest BCUT2D eigenvalue weighted by Gasteiger charge is 2.15. The molecule has 0 heterocycles. The monoisotopic (exact) mass is 375 g/mol. The Kier molecular flexibility index (Phi) is 6.33. The molecule has 0 bridgehead atoms. The molecule has 0 aliphatic carbocycles. The molecule has 0 aliphatic rings. The smallest absolute Gasteiger partial charge is 0.255 e. The van der Waals surface area contributed by atoms with Crippen LogP contribution in [0.1, 0.15) is 27.0 Å². The fourth-order valence-electron chi connectivity index (χ4n) is 3.19. The maximum Gasteiger partial charge on any atom is 0.255 e. The zero-order valence-corrected chi connectivity index (χ0v) is 16.5. The zero-order chi connectivity index (χ0) is 19.9.